The zero-order valence-corrected chi connectivity index (χ0v) is 13.6. The minimum Gasteiger partial charge on any atom is -0.435 e. The monoisotopic (exact) mass is 336 g/mol. The van der Waals surface area contributed by atoms with Crippen LogP contribution in [0.1, 0.15) is 18.9 Å². The highest BCUT2D eigenvalue weighted by Gasteiger charge is 2.12. The summed E-state index contributed by atoms with van der Waals surface area (Å²) in [6.45, 7) is 1.17. The normalized spacial score (nSPS) is 12.1. The van der Waals surface area contributed by atoms with Crippen molar-refractivity contribution in [2.75, 3.05) is 25.9 Å². The minimum atomic E-state index is -3.14. The van der Waals surface area contributed by atoms with Crippen LogP contribution in [0.5, 0.6) is 5.75 Å². The first-order valence-corrected chi connectivity index (χ1v) is 8.87. The average molecular weight is 336 g/mol. The Kier molecular flexibility index (Phi) is 7.70. The number of sulfonamides is 1. The number of halogens is 2. The molecule has 5 nitrogen and oxygen atoms in total. The van der Waals surface area contributed by atoms with E-state index in [-0.39, 0.29) is 5.75 Å². The van der Waals surface area contributed by atoms with Crippen LogP contribution in [-0.2, 0) is 16.6 Å². The number of hydrogen-bond acceptors (Lipinski definition) is 4. The van der Waals surface area contributed by atoms with Gasteiger partial charge in [-0.1, -0.05) is 19.1 Å². The maximum Gasteiger partial charge on any atom is 0.387 e. The number of hydrogen-bond donors (Lipinski definition) is 1. The molecule has 1 N–H and O–H groups in total. The van der Waals surface area contributed by atoms with Gasteiger partial charge in [-0.05, 0) is 30.7 Å². The number of nitrogens with zero attached hydrogens (tertiary/aromatic N) is 1. The van der Waals surface area contributed by atoms with Crippen LogP contribution in [0.2, 0.25) is 0 Å². The number of rotatable bonds is 10. The highest BCUT2D eigenvalue weighted by atomic mass is 32.2. The fraction of sp³-hybridized carbons (Fsp3) is 0.571. The molecule has 1 aromatic rings. The molecule has 0 bridgehead atoms. The van der Waals surface area contributed by atoms with Gasteiger partial charge in [0.1, 0.15) is 5.75 Å². The van der Waals surface area contributed by atoms with E-state index in [1.807, 2.05) is 0 Å². The highest BCUT2D eigenvalue weighted by molar-refractivity contribution is 7.88. The zero-order chi connectivity index (χ0) is 16.6. The molecule has 8 heteroatoms. The minimum absolute atomic E-state index is 0.130. The van der Waals surface area contributed by atoms with Gasteiger partial charge in [-0.2, -0.15) is 8.78 Å². The molecule has 0 saturated heterocycles. The van der Waals surface area contributed by atoms with Gasteiger partial charge in [0.2, 0.25) is 10.0 Å². The Balaban J connectivity index is 2.27. The Morgan fingerprint density at radius 2 is 1.91 bits per heavy atom. The van der Waals surface area contributed by atoms with Crippen LogP contribution in [0.25, 0.3) is 0 Å². The van der Waals surface area contributed by atoms with E-state index in [1.54, 1.807) is 19.1 Å². The first-order chi connectivity index (χ1) is 10.3. The topological polar surface area (TPSA) is 58.6 Å². The Morgan fingerprint density at radius 3 is 2.41 bits per heavy atom. The van der Waals surface area contributed by atoms with Gasteiger partial charge >= 0.3 is 6.61 Å². The van der Waals surface area contributed by atoms with Crippen LogP contribution in [0, 0.1) is 0 Å². The fourth-order valence-electron chi connectivity index (χ4n) is 1.96. The molecule has 0 aromatic heterocycles. The largest absolute Gasteiger partial charge is 0.435 e. The van der Waals surface area contributed by atoms with Crippen molar-refractivity contribution in [1.82, 2.24) is 9.62 Å². The van der Waals surface area contributed by atoms with Gasteiger partial charge in [0.15, 0.2) is 0 Å². The van der Waals surface area contributed by atoms with E-state index in [0.29, 0.717) is 32.6 Å². The van der Waals surface area contributed by atoms with Gasteiger partial charge in [-0.3, -0.25) is 0 Å². The van der Waals surface area contributed by atoms with E-state index < -0.39 is 16.6 Å². The Morgan fingerprint density at radius 1 is 1.27 bits per heavy atom. The maximum absolute atomic E-state index is 12.0. The fourth-order valence-corrected chi connectivity index (χ4v) is 2.89. The maximum atomic E-state index is 12.0. The predicted molar refractivity (Wildman–Crippen MR) is 81.5 cm³/mol. The molecule has 1 rings (SSSR count). The average Bonchev–Trinajstić information content (AvgIpc) is 2.42. The third kappa shape index (κ3) is 7.15. The summed E-state index contributed by atoms with van der Waals surface area (Å²) in [4.78, 5) is 0. The predicted octanol–water partition coefficient (Wildman–Crippen LogP) is 2.05. The molecule has 0 atom stereocenters. The van der Waals surface area contributed by atoms with Crippen LogP contribution in [0.15, 0.2) is 24.3 Å². The van der Waals surface area contributed by atoms with E-state index >= 15 is 0 Å². The van der Waals surface area contributed by atoms with E-state index in [4.69, 9.17) is 0 Å². The van der Waals surface area contributed by atoms with Gasteiger partial charge in [0, 0.05) is 19.6 Å². The number of nitrogens with one attached hydrogen (secondary N) is 1. The zero-order valence-electron chi connectivity index (χ0n) is 12.8. The van der Waals surface area contributed by atoms with Crippen molar-refractivity contribution in [1.29, 1.82) is 0 Å². The molecular weight excluding hydrogens is 314 g/mol. The molecule has 0 aliphatic heterocycles. The summed E-state index contributed by atoms with van der Waals surface area (Å²) < 4.78 is 52.5. The molecule has 22 heavy (non-hydrogen) atoms. The van der Waals surface area contributed by atoms with Crippen molar-refractivity contribution in [3.63, 3.8) is 0 Å². The molecule has 0 saturated carbocycles. The Labute approximate surface area is 130 Å². The Bertz CT molecular complexity index is 536. The third-order valence-corrected chi connectivity index (χ3v) is 4.44. The van der Waals surface area contributed by atoms with Crippen molar-refractivity contribution < 1.29 is 21.9 Å². The van der Waals surface area contributed by atoms with Crippen molar-refractivity contribution in [3.05, 3.63) is 29.8 Å². The molecule has 0 aliphatic carbocycles. The van der Waals surface area contributed by atoms with Gasteiger partial charge in [-0.25, -0.2) is 12.7 Å². The van der Waals surface area contributed by atoms with Gasteiger partial charge in [-0.15, -0.1) is 0 Å². The third-order valence-electron chi connectivity index (χ3n) is 3.06. The number of benzene rings is 1. The molecule has 0 amide bonds. The molecule has 0 unspecified atom stereocenters. The molecule has 0 aliphatic rings. The lowest BCUT2D eigenvalue weighted by atomic mass is 10.2. The van der Waals surface area contributed by atoms with Gasteiger partial charge in [0.25, 0.3) is 0 Å². The van der Waals surface area contributed by atoms with Crippen molar-refractivity contribution in [2.24, 2.45) is 0 Å². The van der Waals surface area contributed by atoms with E-state index in [1.165, 1.54) is 22.7 Å². The van der Waals surface area contributed by atoms with Gasteiger partial charge in [0.05, 0.1) is 6.26 Å². The SMILES string of the molecule is CCN(CCCNCc1ccc(OC(F)F)cc1)S(C)(=O)=O. The first kappa shape index (κ1) is 18.8. The summed E-state index contributed by atoms with van der Waals surface area (Å²) in [6, 6.07) is 6.40. The van der Waals surface area contributed by atoms with E-state index in [9.17, 15) is 17.2 Å². The van der Waals surface area contributed by atoms with Crippen molar-refractivity contribution >= 4 is 10.0 Å². The quantitative estimate of drug-likeness (QED) is 0.665. The van der Waals surface area contributed by atoms with E-state index in [2.05, 4.69) is 10.1 Å². The van der Waals surface area contributed by atoms with E-state index in [0.717, 1.165) is 5.56 Å². The number of ether oxygens (including phenoxy) is 1. The lowest BCUT2D eigenvalue weighted by Gasteiger charge is -2.17. The lowest BCUT2D eigenvalue weighted by Crippen LogP contribution is -2.32. The van der Waals surface area contributed by atoms with Crippen molar-refractivity contribution in [3.8, 4) is 5.75 Å². The second-order valence-electron chi connectivity index (χ2n) is 4.81. The van der Waals surface area contributed by atoms with Crippen LogP contribution in [0.3, 0.4) is 0 Å². The molecule has 0 fully saturated rings. The summed E-state index contributed by atoms with van der Waals surface area (Å²) in [5, 5.41) is 3.18. The van der Waals surface area contributed by atoms with Crippen LogP contribution in [0.4, 0.5) is 8.78 Å². The lowest BCUT2D eigenvalue weighted by molar-refractivity contribution is -0.0498. The van der Waals surface area contributed by atoms with Gasteiger partial charge < -0.3 is 10.1 Å². The molecular formula is C14H22F2N2O3S. The standard InChI is InChI=1S/C14H22F2N2O3S/c1-3-18(22(2,19)20)10-4-9-17-11-12-5-7-13(8-6-12)21-14(15)16/h5-8,14,17H,3-4,9-11H2,1-2H3. The summed E-state index contributed by atoms with van der Waals surface area (Å²) in [7, 11) is -3.14. The second kappa shape index (κ2) is 9.02. The summed E-state index contributed by atoms with van der Waals surface area (Å²) in [5.41, 5.74) is 0.942. The molecule has 126 valence electrons. The highest BCUT2D eigenvalue weighted by Crippen LogP contribution is 2.14. The van der Waals surface area contributed by atoms with Crippen LogP contribution >= 0.6 is 0 Å². The Hall–Kier alpha value is -1.25. The first-order valence-electron chi connectivity index (χ1n) is 7.02. The summed E-state index contributed by atoms with van der Waals surface area (Å²) in [5.74, 6) is 0.130. The molecule has 0 radical (unpaired) electrons. The van der Waals surface area contributed by atoms with Crippen molar-refractivity contribution in [2.45, 2.75) is 26.5 Å². The molecule has 0 heterocycles. The van der Waals surface area contributed by atoms with Crippen LogP contribution in [-0.4, -0.2) is 45.2 Å². The summed E-state index contributed by atoms with van der Waals surface area (Å²) in [6.07, 6.45) is 1.90. The van der Waals surface area contributed by atoms with Crippen LogP contribution < -0.4 is 10.1 Å². The second-order valence-corrected chi connectivity index (χ2v) is 6.79. The smallest absolute Gasteiger partial charge is 0.387 e. The summed E-state index contributed by atoms with van der Waals surface area (Å²) >= 11 is 0. The molecule has 1 aromatic carbocycles. The molecule has 0 spiro atoms. The number of alkyl halides is 2.